The van der Waals surface area contributed by atoms with Gasteiger partial charge in [-0.1, -0.05) is 6.07 Å². The van der Waals surface area contributed by atoms with Crippen molar-refractivity contribution in [2.24, 2.45) is 0 Å². The number of carbonyl (C=O) groups excluding carboxylic acids is 2. The number of phenolic OH excluding ortho intramolecular Hbond substituents is 1. The zero-order valence-electron chi connectivity index (χ0n) is 11.2. The number of phenols is 1. The second kappa shape index (κ2) is 7.41. The van der Waals surface area contributed by atoms with Crippen molar-refractivity contribution in [3.05, 3.63) is 29.3 Å². The molecule has 0 heterocycles. The third kappa shape index (κ3) is 4.62. The lowest BCUT2D eigenvalue weighted by atomic mass is 10.1. The smallest absolute Gasteiger partial charge is 0.305 e. The summed E-state index contributed by atoms with van der Waals surface area (Å²) in [5, 5.41) is 12.2. The van der Waals surface area contributed by atoms with Crippen LogP contribution >= 0.6 is 0 Å². The van der Waals surface area contributed by atoms with E-state index in [9.17, 15) is 14.7 Å². The lowest BCUT2D eigenvalue weighted by Crippen LogP contribution is -2.25. The summed E-state index contributed by atoms with van der Waals surface area (Å²) in [4.78, 5) is 22.9. The molecule has 0 aromatic heterocycles. The molecule has 0 saturated heterocycles. The zero-order valence-corrected chi connectivity index (χ0v) is 11.2. The fraction of sp³-hybridized carbons (Fsp3) is 0.429. The van der Waals surface area contributed by atoms with E-state index < -0.39 is 0 Å². The third-order valence-corrected chi connectivity index (χ3v) is 2.70. The predicted molar refractivity (Wildman–Crippen MR) is 71.0 cm³/mol. The van der Waals surface area contributed by atoms with Gasteiger partial charge >= 0.3 is 5.97 Å². The van der Waals surface area contributed by atoms with Crippen molar-refractivity contribution in [1.29, 1.82) is 0 Å². The van der Waals surface area contributed by atoms with E-state index in [0.29, 0.717) is 30.7 Å². The molecule has 0 bridgehead atoms. The van der Waals surface area contributed by atoms with Gasteiger partial charge in [0.1, 0.15) is 5.75 Å². The highest BCUT2D eigenvalue weighted by Gasteiger charge is 2.10. The molecule has 0 unspecified atom stereocenters. The SMILES string of the molecule is CCOC(=O)CCCNC(=O)c1cccc(O)c1C. The molecule has 0 saturated carbocycles. The maximum absolute atomic E-state index is 11.8. The minimum Gasteiger partial charge on any atom is -0.508 e. The molecule has 0 atom stereocenters. The van der Waals surface area contributed by atoms with E-state index in [-0.39, 0.29) is 24.0 Å². The maximum Gasteiger partial charge on any atom is 0.305 e. The summed E-state index contributed by atoms with van der Waals surface area (Å²) in [7, 11) is 0. The van der Waals surface area contributed by atoms with Crippen LogP contribution in [0.3, 0.4) is 0 Å². The van der Waals surface area contributed by atoms with Gasteiger partial charge in [-0.3, -0.25) is 9.59 Å². The number of rotatable bonds is 6. The summed E-state index contributed by atoms with van der Waals surface area (Å²) in [6, 6.07) is 4.80. The first-order valence-electron chi connectivity index (χ1n) is 6.28. The first-order chi connectivity index (χ1) is 9.06. The number of hydrogen-bond acceptors (Lipinski definition) is 4. The topological polar surface area (TPSA) is 75.6 Å². The molecule has 2 N–H and O–H groups in total. The fourth-order valence-corrected chi connectivity index (χ4v) is 1.63. The van der Waals surface area contributed by atoms with Crippen LogP contribution < -0.4 is 5.32 Å². The highest BCUT2D eigenvalue weighted by molar-refractivity contribution is 5.96. The molecule has 19 heavy (non-hydrogen) atoms. The van der Waals surface area contributed by atoms with Gasteiger partial charge in [0.05, 0.1) is 6.61 Å². The normalized spacial score (nSPS) is 10.0. The number of ether oxygens (including phenoxy) is 1. The molecular weight excluding hydrogens is 246 g/mol. The average Bonchev–Trinajstić information content (AvgIpc) is 2.38. The van der Waals surface area contributed by atoms with Crippen LogP contribution in [-0.4, -0.2) is 30.1 Å². The van der Waals surface area contributed by atoms with Crippen molar-refractivity contribution in [3.63, 3.8) is 0 Å². The lowest BCUT2D eigenvalue weighted by Gasteiger charge is -2.08. The monoisotopic (exact) mass is 265 g/mol. The Hall–Kier alpha value is -2.04. The van der Waals surface area contributed by atoms with Crippen LogP contribution in [0.2, 0.25) is 0 Å². The van der Waals surface area contributed by atoms with Crippen molar-refractivity contribution >= 4 is 11.9 Å². The molecule has 1 rings (SSSR count). The van der Waals surface area contributed by atoms with Gasteiger partial charge in [0.2, 0.25) is 0 Å². The minimum atomic E-state index is -0.259. The second-order valence-corrected chi connectivity index (χ2v) is 4.11. The Bertz CT molecular complexity index is 457. The van der Waals surface area contributed by atoms with E-state index in [0.717, 1.165) is 0 Å². The summed E-state index contributed by atoms with van der Waals surface area (Å²) >= 11 is 0. The molecule has 0 aliphatic heterocycles. The van der Waals surface area contributed by atoms with Gasteiger partial charge in [0.15, 0.2) is 0 Å². The molecule has 104 valence electrons. The second-order valence-electron chi connectivity index (χ2n) is 4.11. The molecule has 5 nitrogen and oxygen atoms in total. The van der Waals surface area contributed by atoms with Crippen molar-refractivity contribution in [3.8, 4) is 5.75 Å². The number of benzene rings is 1. The lowest BCUT2D eigenvalue weighted by molar-refractivity contribution is -0.143. The molecule has 1 amide bonds. The number of carbonyl (C=O) groups is 2. The summed E-state index contributed by atoms with van der Waals surface area (Å²) < 4.78 is 4.78. The molecule has 0 radical (unpaired) electrons. The number of esters is 1. The average molecular weight is 265 g/mol. The van der Waals surface area contributed by atoms with Crippen molar-refractivity contribution in [1.82, 2.24) is 5.32 Å². The van der Waals surface area contributed by atoms with Crippen molar-refractivity contribution in [2.45, 2.75) is 26.7 Å². The number of amides is 1. The van der Waals surface area contributed by atoms with E-state index in [1.165, 1.54) is 6.07 Å². The Kier molecular flexibility index (Phi) is 5.85. The Balaban J connectivity index is 2.40. The predicted octanol–water partition coefficient (Wildman–Crippen LogP) is 1.77. The summed E-state index contributed by atoms with van der Waals surface area (Å²) in [5.41, 5.74) is 0.988. The van der Waals surface area contributed by atoms with Gasteiger partial charge in [-0.2, -0.15) is 0 Å². The molecule has 1 aromatic carbocycles. The van der Waals surface area contributed by atoms with Crippen LogP contribution in [0.5, 0.6) is 5.75 Å². The summed E-state index contributed by atoms with van der Waals surface area (Å²) in [6.45, 7) is 4.20. The summed E-state index contributed by atoms with van der Waals surface area (Å²) in [6.07, 6.45) is 0.815. The maximum atomic E-state index is 11.8. The first kappa shape index (κ1) is 15.0. The van der Waals surface area contributed by atoms with Crippen LogP contribution in [0.15, 0.2) is 18.2 Å². The van der Waals surface area contributed by atoms with Crippen molar-refractivity contribution < 1.29 is 19.4 Å². The quantitative estimate of drug-likeness (QED) is 0.607. The number of aromatic hydroxyl groups is 1. The van der Waals surface area contributed by atoms with Crippen molar-refractivity contribution in [2.75, 3.05) is 13.2 Å². The number of nitrogens with one attached hydrogen (secondary N) is 1. The third-order valence-electron chi connectivity index (χ3n) is 2.70. The Labute approximate surface area is 112 Å². The molecule has 0 aliphatic carbocycles. The molecule has 0 fully saturated rings. The van der Waals surface area contributed by atoms with E-state index in [1.807, 2.05) is 0 Å². The summed E-state index contributed by atoms with van der Waals surface area (Å²) in [5.74, 6) is -0.415. The van der Waals surface area contributed by atoms with Gasteiger partial charge in [-0.15, -0.1) is 0 Å². The van der Waals surface area contributed by atoms with Gasteiger partial charge in [0.25, 0.3) is 5.91 Å². The molecule has 5 heteroatoms. The Morgan fingerprint density at radius 3 is 2.79 bits per heavy atom. The van der Waals surface area contributed by atoms with E-state index in [2.05, 4.69) is 5.32 Å². The standard InChI is InChI=1S/C14H19NO4/c1-3-19-13(17)8-5-9-15-14(18)11-6-4-7-12(16)10(11)2/h4,6-7,16H,3,5,8-9H2,1-2H3,(H,15,18). The fourth-order valence-electron chi connectivity index (χ4n) is 1.63. The van der Waals surface area contributed by atoms with Gasteiger partial charge in [-0.25, -0.2) is 0 Å². The Morgan fingerprint density at radius 1 is 1.37 bits per heavy atom. The largest absolute Gasteiger partial charge is 0.508 e. The van der Waals surface area contributed by atoms with Crippen LogP contribution in [0.1, 0.15) is 35.7 Å². The minimum absolute atomic E-state index is 0.0965. The highest BCUT2D eigenvalue weighted by Crippen LogP contribution is 2.19. The van der Waals surface area contributed by atoms with E-state index >= 15 is 0 Å². The van der Waals surface area contributed by atoms with Gasteiger partial charge in [-0.05, 0) is 32.4 Å². The highest BCUT2D eigenvalue weighted by atomic mass is 16.5. The molecule has 1 aromatic rings. The van der Waals surface area contributed by atoms with Crippen LogP contribution in [0, 0.1) is 6.92 Å². The molecular formula is C14H19NO4. The van der Waals surface area contributed by atoms with Gasteiger partial charge in [0, 0.05) is 24.1 Å². The molecule has 0 spiro atoms. The zero-order chi connectivity index (χ0) is 14.3. The van der Waals surface area contributed by atoms with Crippen LogP contribution in [0.4, 0.5) is 0 Å². The van der Waals surface area contributed by atoms with Crippen LogP contribution in [0.25, 0.3) is 0 Å². The first-order valence-corrected chi connectivity index (χ1v) is 6.28. The Morgan fingerprint density at radius 2 is 2.11 bits per heavy atom. The van der Waals surface area contributed by atoms with Gasteiger partial charge < -0.3 is 15.2 Å². The van der Waals surface area contributed by atoms with E-state index in [4.69, 9.17) is 4.74 Å². The van der Waals surface area contributed by atoms with E-state index in [1.54, 1.807) is 26.0 Å². The number of hydrogen-bond donors (Lipinski definition) is 2. The molecule has 0 aliphatic rings. The van der Waals surface area contributed by atoms with Crippen LogP contribution in [-0.2, 0) is 9.53 Å².